The van der Waals surface area contributed by atoms with Gasteiger partial charge in [0.15, 0.2) is 16.8 Å². The number of hydrogen-bond donors (Lipinski definition) is 2. The van der Waals surface area contributed by atoms with E-state index in [2.05, 4.69) is 10.3 Å². The molecule has 0 aliphatic rings. The summed E-state index contributed by atoms with van der Waals surface area (Å²) >= 11 is 0.996. The summed E-state index contributed by atoms with van der Waals surface area (Å²) in [7, 11) is 3.43. The van der Waals surface area contributed by atoms with Crippen molar-refractivity contribution in [3.8, 4) is 0 Å². The van der Waals surface area contributed by atoms with Crippen molar-refractivity contribution in [2.75, 3.05) is 30.0 Å². The first-order valence-electron chi connectivity index (χ1n) is 5.69. The van der Waals surface area contributed by atoms with Gasteiger partial charge in [-0.2, -0.15) is 0 Å². The predicted molar refractivity (Wildman–Crippen MR) is 75.1 cm³/mol. The van der Waals surface area contributed by atoms with Crippen LogP contribution in [0, 0.1) is 17.5 Å². The van der Waals surface area contributed by atoms with Crippen LogP contribution >= 0.6 is 11.3 Å². The molecular weight excluding hydrogens is 305 g/mol. The number of halogens is 3. The van der Waals surface area contributed by atoms with E-state index in [0.29, 0.717) is 17.3 Å². The molecule has 0 saturated carbocycles. The number of nitrogens with two attached hydrogens (primary N) is 1. The van der Waals surface area contributed by atoms with E-state index < -0.39 is 29.0 Å². The van der Waals surface area contributed by atoms with Crippen LogP contribution in [0.1, 0.15) is 9.67 Å². The first-order valence-corrected chi connectivity index (χ1v) is 6.50. The van der Waals surface area contributed by atoms with Gasteiger partial charge in [-0.15, -0.1) is 0 Å². The molecule has 2 rings (SSSR count). The molecule has 1 amide bonds. The van der Waals surface area contributed by atoms with Crippen LogP contribution in [0.2, 0.25) is 0 Å². The molecule has 0 unspecified atom stereocenters. The number of amides is 1. The van der Waals surface area contributed by atoms with Crippen LogP contribution in [0.3, 0.4) is 0 Å². The van der Waals surface area contributed by atoms with Crippen molar-refractivity contribution in [1.82, 2.24) is 4.98 Å². The first kappa shape index (κ1) is 15.1. The molecular formula is C12H11F3N4OS. The number of hydrogen-bond acceptors (Lipinski definition) is 5. The van der Waals surface area contributed by atoms with E-state index in [0.717, 1.165) is 11.3 Å². The fourth-order valence-corrected chi connectivity index (χ4v) is 2.27. The second-order valence-electron chi connectivity index (χ2n) is 4.31. The van der Waals surface area contributed by atoms with Gasteiger partial charge >= 0.3 is 0 Å². The standard InChI is InChI=1S/C12H11F3N4OS/c1-19(2)12-18-10(16)9(21-12)11(20)17-8-4-6(14)5(13)3-7(8)15/h3-4H,16H2,1-2H3,(H,17,20). The predicted octanol–water partition coefficient (Wildman–Crippen LogP) is 2.46. The van der Waals surface area contributed by atoms with Crippen LogP contribution in [0.25, 0.3) is 0 Å². The van der Waals surface area contributed by atoms with Crippen LogP contribution < -0.4 is 16.0 Å². The number of rotatable bonds is 3. The molecule has 0 fully saturated rings. The average Bonchev–Trinajstić information content (AvgIpc) is 2.78. The Balaban J connectivity index is 2.28. The van der Waals surface area contributed by atoms with E-state index >= 15 is 0 Å². The summed E-state index contributed by atoms with van der Waals surface area (Å²) in [5, 5.41) is 2.63. The summed E-state index contributed by atoms with van der Waals surface area (Å²) in [6, 6.07) is 0.916. The normalized spacial score (nSPS) is 10.5. The molecule has 0 saturated heterocycles. The Hall–Kier alpha value is -2.29. The minimum absolute atomic E-state index is 0.0239. The number of nitrogens with one attached hydrogen (secondary N) is 1. The summed E-state index contributed by atoms with van der Waals surface area (Å²) in [5.41, 5.74) is 5.14. The lowest BCUT2D eigenvalue weighted by Gasteiger charge is -2.06. The van der Waals surface area contributed by atoms with Gasteiger partial charge < -0.3 is 16.0 Å². The molecule has 9 heteroatoms. The van der Waals surface area contributed by atoms with Crippen molar-refractivity contribution < 1.29 is 18.0 Å². The number of benzene rings is 1. The lowest BCUT2D eigenvalue weighted by Crippen LogP contribution is -2.13. The van der Waals surface area contributed by atoms with Crippen LogP contribution in [0.15, 0.2) is 12.1 Å². The van der Waals surface area contributed by atoms with E-state index in [9.17, 15) is 18.0 Å². The molecule has 2 aromatic rings. The highest BCUT2D eigenvalue weighted by Crippen LogP contribution is 2.28. The smallest absolute Gasteiger partial charge is 0.269 e. The van der Waals surface area contributed by atoms with Gasteiger partial charge in [-0.25, -0.2) is 18.2 Å². The Morgan fingerprint density at radius 3 is 2.43 bits per heavy atom. The van der Waals surface area contributed by atoms with E-state index in [1.807, 2.05) is 0 Å². The quantitative estimate of drug-likeness (QED) is 0.853. The second-order valence-corrected chi connectivity index (χ2v) is 5.28. The third-order valence-electron chi connectivity index (χ3n) is 2.49. The van der Waals surface area contributed by atoms with Gasteiger partial charge in [-0.3, -0.25) is 4.79 Å². The molecule has 21 heavy (non-hydrogen) atoms. The van der Waals surface area contributed by atoms with Crippen LogP contribution in [0.5, 0.6) is 0 Å². The van der Waals surface area contributed by atoms with Crippen molar-refractivity contribution in [1.29, 1.82) is 0 Å². The van der Waals surface area contributed by atoms with Gasteiger partial charge in [0, 0.05) is 26.2 Å². The van der Waals surface area contributed by atoms with Gasteiger partial charge in [-0.1, -0.05) is 11.3 Å². The Bertz CT molecular complexity index is 702. The third kappa shape index (κ3) is 3.07. The van der Waals surface area contributed by atoms with Crippen LogP contribution in [-0.4, -0.2) is 25.0 Å². The molecule has 3 N–H and O–H groups in total. The van der Waals surface area contributed by atoms with Crippen molar-refractivity contribution >= 4 is 33.9 Å². The maximum atomic E-state index is 13.5. The molecule has 0 spiro atoms. The van der Waals surface area contributed by atoms with Gasteiger partial charge in [0.2, 0.25) is 0 Å². The van der Waals surface area contributed by atoms with Crippen LogP contribution in [0.4, 0.5) is 29.8 Å². The highest BCUT2D eigenvalue weighted by Gasteiger charge is 2.19. The van der Waals surface area contributed by atoms with Crippen molar-refractivity contribution in [2.45, 2.75) is 0 Å². The molecule has 1 aromatic carbocycles. The van der Waals surface area contributed by atoms with E-state index in [4.69, 9.17) is 5.73 Å². The molecule has 5 nitrogen and oxygen atoms in total. The molecule has 0 atom stereocenters. The number of nitrogen functional groups attached to an aromatic ring is 1. The zero-order chi connectivity index (χ0) is 15.7. The van der Waals surface area contributed by atoms with Crippen molar-refractivity contribution in [2.24, 2.45) is 0 Å². The first-order chi connectivity index (χ1) is 9.79. The van der Waals surface area contributed by atoms with Gasteiger partial charge in [0.25, 0.3) is 5.91 Å². The lowest BCUT2D eigenvalue weighted by atomic mass is 10.2. The average molecular weight is 316 g/mol. The highest BCUT2D eigenvalue weighted by molar-refractivity contribution is 7.18. The number of carbonyl (C=O) groups is 1. The Labute approximate surface area is 122 Å². The number of thiazole rings is 1. The number of carbonyl (C=O) groups excluding carboxylic acids is 1. The summed E-state index contributed by atoms with van der Waals surface area (Å²) < 4.78 is 39.3. The molecule has 0 bridgehead atoms. The Morgan fingerprint density at radius 2 is 1.86 bits per heavy atom. The summed E-state index contributed by atoms with van der Waals surface area (Å²) in [4.78, 5) is 17.7. The van der Waals surface area contributed by atoms with Crippen LogP contribution in [-0.2, 0) is 0 Å². The zero-order valence-electron chi connectivity index (χ0n) is 11.1. The van der Waals surface area contributed by atoms with Gasteiger partial charge in [0.05, 0.1) is 5.69 Å². The number of nitrogens with zero attached hydrogens (tertiary/aromatic N) is 2. The summed E-state index contributed by atoms with van der Waals surface area (Å²) in [5.74, 6) is -4.46. The minimum atomic E-state index is -1.34. The Kier molecular flexibility index (Phi) is 4.03. The van der Waals surface area contributed by atoms with Gasteiger partial charge in [0.1, 0.15) is 16.5 Å². The maximum Gasteiger partial charge on any atom is 0.269 e. The fraction of sp³-hybridized carbons (Fsp3) is 0.167. The highest BCUT2D eigenvalue weighted by atomic mass is 32.1. The summed E-state index contributed by atoms with van der Waals surface area (Å²) in [6.45, 7) is 0. The Morgan fingerprint density at radius 1 is 1.24 bits per heavy atom. The van der Waals surface area contributed by atoms with E-state index in [1.54, 1.807) is 19.0 Å². The topological polar surface area (TPSA) is 71.2 Å². The van der Waals surface area contributed by atoms with Gasteiger partial charge in [-0.05, 0) is 0 Å². The zero-order valence-corrected chi connectivity index (χ0v) is 11.9. The largest absolute Gasteiger partial charge is 0.382 e. The molecule has 0 aliphatic carbocycles. The number of aromatic nitrogens is 1. The second kappa shape index (κ2) is 5.60. The third-order valence-corrected chi connectivity index (χ3v) is 3.73. The molecule has 112 valence electrons. The van der Waals surface area contributed by atoms with E-state index in [-0.39, 0.29) is 10.7 Å². The minimum Gasteiger partial charge on any atom is -0.382 e. The van der Waals surface area contributed by atoms with Crippen molar-refractivity contribution in [3.05, 3.63) is 34.5 Å². The maximum absolute atomic E-state index is 13.5. The fourth-order valence-electron chi connectivity index (χ4n) is 1.47. The molecule has 0 radical (unpaired) electrons. The van der Waals surface area contributed by atoms with Crippen molar-refractivity contribution in [3.63, 3.8) is 0 Å². The summed E-state index contributed by atoms with van der Waals surface area (Å²) in [6.07, 6.45) is 0. The lowest BCUT2D eigenvalue weighted by molar-refractivity contribution is 0.103. The molecule has 1 aromatic heterocycles. The number of anilines is 3. The monoisotopic (exact) mass is 316 g/mol. The molecule has 1 heterocycles. The van der Waals surface area contributed by atoms with E-state index in [1.165, 1.54) is 0 Å². The molecule has 0 aliphatic heterocycles. The SMILES string of the molecule is CN(C)c1nc(N)c(C(=O)Nc2cc(F)c(F)cc2F)s1.